The molecule has 3 rings (SSSR count). The van der Waals surface area contributed by atoms with Gasteiger partial charge in [-0.25, -0.2) is 17.2 Å². The zero-order valence-corrected chi connectivity index (χ0v) is 25.4. The van der Waals surface area contributed by atoms with Gasteiger partial charge in [0.25, 0.3) is 0 Å². The first-order valence-corrected chi connectivity index (χ1v) is 15.9. The van der Waals surface area contributed by atoms with Gasteiger partial charge < -0.3 is 10.2 Å². The van der Waals surface area contributed by atoms with Crippen molar-refractivity contribution in [2.45, 2.75) is 45.2 Å². The van der Waals surface area contributed by atoms with Crippen LogP contribution in [0.2, 0.25) is 0 Å². The summed E-state index contributed by atoms with van der Waals surface area (Å²) in [5.74, 6) is -2.87. The Bertz CT molecular complexity index is 1420. The molecule has 0 heterocycles. The van der Waals surface area contributed by atoms with Crippen molar-refractivity contribution in [3.63, 3.8) is 0 Å². The maximum Gasteiger partial charge on any atom is 0.243 e. The van der Waals surface area contributed by atoms with E-state index in [0.717, 1.165) is 44.7 Å². The van der Waals surface area contributed by atoms with Crippen LogP contribution >= 0.6 is 15.9 Å². The fourth-order valence-corrected chi connectivity index (χ4v) is 5.57. The Hall–Kier alpha value is -3.31. The van der Waals surface area contributed by atoms with E-state index in [2.05, 4.69) is 21.2 Å². The largest absolute Gasteiger partial charge is 0.354 e. The first kappa shape index (κ1) is 32.2. The maximum absolute atomic E-state index is 13.8. The minimum Gasteiger partial charge on any atom is -0.354 e. The summed E-state index contributed by atoms with van der Waals surface area (Å²) in [5.41, 5.74) is 1.67. The average molecular weight is 651 g/mol. The monoisotopic (exact) mass is 649 g/mol. The standard InChI is InChI=1S/C30H34BrF2N3O4S/c1-3-17-34-30(38)28(19-22-8-5-4-6-9-22)35(21-23-11-13-24(31)14-12-23)29(37)10-7-18-36(41(2,39)40)25-15-16-26(32)27(33)20-25/h4-6,8-9,11-16,20,28H,3,7,10,17-19,21H2,1-2H3,(H,34,38). The van der Waals surface area contributed by atoms with Crippen molar-refractivity contribution in [1.82, 2.24) is 10.2 Å². The fraction of sp³-hybridized carbons (Fsp3) is 0.333. The van der Waals surface area contributed by atoms with Crippen LogP contribution in [0.1, 0.15) is 37.3 Å². The lowest BCUT2D eigenvalue weighted by Gasteiger charge is -2.32. The number of nitrogens with zero attached hydrogens (tertiary/aromatic N) is 2. The highest BCUT2D eigenvalue weighted by Gasteiger charge is 2.30. The first-order chi connectivity index (χ1) is 19.5. The molecule has 0 aliphatic rings. The molecule has 1 N–H and O–H groups in total. The van der Waals surface area contributed by atoms with Crippen LogP contribution < -0.4 is 9.62 Å². The van der Waals surface area contributed by atoms with Crippen LogP contribution in [-0.4, -0.2) is 50.5 Å². The molecular formula is C30H34BrF2N3O4S. The SMILES string of the molecule is CCCNC(=O)C(Cc1ccccc1)N(Cc1ccc(Br)cc1)C(=O)CCCN(c1ccc(F)c(F)c1)S(C)(=O)=O. The van der Waals surface area contributed by atoms with E-state index < -0.39 is 27.7 Å². The molecule has 1 atom stereocenters. The Morgan fingerprint density at radius 1 is 0.951 bits per heavy atom. The number of halogens is 3. The van der Waals surface area contributed by atoms with E-state index >= 15 is 0 Å². The Balaban J connectivity index is 1.87. The Labute approximate surface area is 248 Å². The van der Waals surface area contributed by atoms with E-state index in [1.54, 1.807) is 0 Å². The number of hydrogen-bond acceptors (Lipinski definition) is 4. The van der Waals surface area contributed by atoms with Crippen molar-refractivity contribution in [3.05, 3.63) is 100 Å². The lowest BCUT2D eigenvalue weighted by Crippen LogP contribution is -2.50. The van der Waals surface area contributed by atoms with E-state index in [0.29, 0.717) is 13.0 Å². The number of hydrogen-bond donors (Lipinski definition) is 1. The molecule has 41 heavy (non-hydrogen) atoms. The molecule has 0 saturated heterocycles. The van der Waals surface area contributed by atoms with Crippen LogP contribution in [0, 0.1) is 11.6 Å². The third kappa shape index (κ3) is 9.64. The molecule has 0 saturated carbocycles. The minimum atomic E-state index is -3.85. The van der Waals surface area contributed by atoms with Gasteiger partial charge in [0.15, 0.2) is 11.6 Å². The van der Waals surface area contributed by atoms with Crippen molar-refractivity contribution in [1.29, 1.82) is 0 Å². The molecule has 0 aromatic heterocycles. The van der Waals surface area contributed by atoms with Crippen molar-refractivity contribution in [3.8, 4) is 0 Å². The number of nitrogens with one attached hydrogen (secondary N) is 1. The van der Waals surface area contributed by atoms with Gasteiger partial charge in [0.05, 0.1) is 11.9 Å². The second-order valence-corrected chi connectivity index (χ2v) is 12.5. The molecule has 3 aromatic carbocycles. The normalized spacial score (nSPS) is 12.0. The Morgan fingerprint density at radius 2 is 1.63 bits per heavy atom. The lowest BCUT2D eigenvalue weighted by atomic mass is 10.0. The molecule has 0 radical (unpaired) electrons. The predicted molar refractivity (Wildman–Crippen MR) is 160 cm³/mol. The third-order valence-electron chi connectivity index (χ3n) is 6.43. The van der Waals surface area contributed by atoms with Gasteiger partial charge in [-0.05, 0) is 48.2 Å². The molecule has 0 spiro atoms. The fourth-order valence-electron chi connectivity index (χ4n) is 4.35. The highest BCUT2D eigenvalue weighted by atomic mass is 79.9. The summed E-state index contributed by atoms with van der Waals surface area (Å²) in [4.78, 5) is 28.7. The molecule has 2 amide bonds. The summed E-state index contributed by atoms with van der Waals surface area (Å²) in [6.07, 6.45) is 2.01. The first-order valence-electron chi connectivity index (χ1n) is 13.3. The van der Waals surface area contributed by atoms with Crippen LogP contribution in [0.3, 0.4) is 0 Å². The van der Waals surface area contributed by atoms with Crippen molar-refractivity contribution >= 4 is 43.5 Å². The second-order valence-electron chi connectivity index (χ2n) is 9.68. The lowest BCUT2D eigenvalue weighted by molar-refractivity contribution is -0.141. The smallest absolute Gasteiger partial charge is 0.243 e. The molecule has 220 valence electrons. The molecule has 3 aromatic rings. The van der Waals surface area contributed by atoms with Crippen molar-refractivity contribution < 1.29 is 26.8 Å². The number of amides is 2. The van der Waals surface area contributed by atoms with Crippen molar-refractivity contribution in [2.24, 2.45) is 0 Å². The summed E-state index contributed by atoms with van der Waals surface area (Å²) in [5, 5.41) is 2.91. The second kappa shape index (κ2) is 15.1. The number of carbonyl (C=O) groups is 2. The van der Waals surface area contributed by atoms with Gasteiger partial charge in [0.1, 0.15) is 6.04 Å². The number of sulfonamides is 1. The highest BCUT2D eigenvalue weighted by Crippen LogP contribution is 2.22. The van der Waals surface area contributed by atoms with Crippen molar-refractivity contribution in [2.75, 3.05) is 23.7 Å². The quantitative estimate of drug-likeness (QED) is 0.252. The number of carbonyl (C=O) groups excluding carboxylic acids is 2. The van der Waals surface area contributed by atoms with Crippen LogP contribution in [-0.2, 0) is 32.6 Å². The molecule has 0 fully saturated rings. The van der Waals surface area contributed by atoms with Gasteiger partial charge in [-0.3, -0.25) is 13.9 Å². The number of benzene rings is 3. The summed E-state index contributed by atoms with van der Waals surface area (Å²) in [6.45, 7) is 2.44. The maximum atomic E-state index is 13.8. The number of anilines is 1. The summed E-state index contributed by atoms with van der Waals surface area (Å²) >= 11 is 3.41. The average Bonchev–Trinajstić information content (AvgIpc) is 2.94. The number of rotatable bonds is 14. The Morgan fingerprint density at radius 3 is 2.24 bits per heavy atom. The summed E-state index contributed by atoms with van der Waals surface area (Å²) < 4.78 is 54.0. The topological polar surface area (TPSA) is 86.8 Å². The zero-order valence-electron chi connectivity index (χ0n) is 23.0. The summed E-state index contributed by atoms with van der Waals surface area (Å²) in [7, 11) is -3.85. The third-order valence-corrected chi connectivity index (χ3v) is 8.15. The van der Waals surface area contributed by atoms with E-state index in [1.807, 2.05) is 61.5 Å². The van der Waals surface area contributed by atoms with Crippen LogP contribution in [0.15, 0.2) is 77.3 Å². The highest BCUT2D eigenvalue weighted by molar-refractivity contribution is 9.10. The van der Waals surface area contributed by atoms with Gasteiger partial charge >= 0.3 is 0 Å². The van der Waals surface area contributed by atoms with Gasteiger partial charge in [0.2, 0.25) is 21.8 Å². The van der Waals surface area contributed by atoms with Crippen LogP contribution in [0.4, 0.5) is 14.5 Å². The van der Waals surface area contributed by atoms with Gasteiger partial charge in [-0.15, -0.1) is 0 Å². The van der Waals surface area contributed by atoms with E-state index in [-0.39, 0.29) is 43.4 Å². The van der Waals surface area contributed by atoms with Crippen LogP contribution in [0.5, 0.6) is 0 Å². The van der Waals surface area contributed by atoms with Gasteiger partial charge in [-0.1, -0.05) is 65.3 Å². The molecular weight excluding hydrogens is 616 g/mol. The zero-order chi connectivity index (χ0) is 30.0. The van der Waals surface area contributed by atoms with E-state index in [9.17, 15) is 26.8 Å². The van der Waals surface area contributed by atoms with Gasteiger partial charge in [-0.2, -0.15) is 0 Å². The predicted octanol–water partition coefficient (Wildman–Crippen LogP) is 5.44. The van der Waals surface area contributed by atoms with E-state index in [4.69, 9.17) is 0 Å². The molecule has 7 nitrogen and oxygen atoms in total. The Kier molecular flexibility index (Phi) is 11.8. The minimum absolute atomic E-state index is 0.0357. The van der Waals surface area contributed by atoms with Crippen LogP contribution in [0.25, 0.3) is 0 Å². The molecule has 0 bridgehead atoms. The molecule has 1 unspecified atom stereocenters. The molecule has 11 heteroatoms. The molecule has 0 aliphatic carbocycles. The van der Waals surface area contributed by atoms with Gasteiger partial charge in [0, 0.05) is 43.0 Å². The van der Waals surface area contributed by atoms with E-state index in [1.165, 1.54) is 11.0 Å². The molecule has 0 aliphatic heterocycles. The summed E-state index contributed by atoms with van der Waals surface area (Å²) in [6, 6.07) is 18.9.